The van der Waals surface area contributed by atoms with E-state index in [1.54, 1.807) is 12.4 Å². The Labute approximate surface area is 238 Å². The molecular formula is C38H29N3. The zero-order valence-electron chi connectivity index (χ0n) is 23.4. The van der Waals surface area contributed by atoms with Gasteiger partial charge in [-0.3, -0.25) is 9.97 Å². The molecule has 8 aromatic rings. The maximum atomic E-state index is 4.70. The van der Waals surface area contributed by atoms with E-state index in [4.69, 9.17) is 4.98 Å². The average Bonchev–Trinajstić information content (AvgIpc) is 3.35. The van der Waals surface area contributed by atoms with Gasteiger partial charge in [-0.2, -0.15) is 0 Å². The summed E-state index contributed by atoms with van der Waals surface area (Å²) in [6, 6.07) is 39.8. The molecule has 0 amide bonds. The third-order valence-electron chi connectivity index (χ3n) is 8.34. The number of para-hydroxylation sites is 1. The Morgan fingerprint density at radius 3 is 1.59 bits per heavy atom. The molecule has 0 radical (unpaired) electrons. The van der Waals surface area contributed by atoms with Crippen LogP contribution in [0.2, 0.25) is 0 Å². The highest BCUT2D eigenvalue weighted by Crippen LogP contribution is 2.38. The van der Waals surface area contributed by atoms with Crippen LogP contribution in [-0.2, 0) is 5.54 Å². The summed E-state index contributed by atoms with van der Waals surface area (Å²) in [7, 11) is 0. The van der Waals surface area contributed by atoms with Crippen molar-refractivity contribution in [3.8, 4) is 22.3 Å². The molecule has 8 rings (SSSR count). The van der Waals surface area contributed by atoms with E-state index < -0.39 is 0 Å². The van der Waals surface area contributed by atoms with Crippen molar-refractivity contribution in [2.75, 3.05) is 0 Å². The van der Waals surface area contributed by atoms with Crippen LogP contribution < -0.4 is 0 Å². The Morgan fingerprint density at radius 2 is 0.927 bits per heavy atom. The molecule has 2 aromatic heterocycles. The number of benzene rings is 6. The molecule has 0 aliphatic rings. The molecule has 0 spiro atoms. The second kappa shape index (κ2) is 8.74. The third kappa shape index (κ3) is 3.66. The summed E-state index contributed by atoms with van der Waals surface area (Å²) >= 11 is 0. The summed E-state index contributed by atoms with van der Waals surface area (Å²) < 4.78 is 2.46. The molecule has 41 heavy (non-hydrogen) atoms. The van der Waals surface area contributed by atoms with Gasteiger partial charge in [0.05, 0.1) is 11.0 Å². The molecule has 0 saturated carbocycles. The van der Waals surface area contributed by atoms with Gasteiger partial charge >= 0.3 is 0 Å². The minimum absolute atomic E-state index is 0.00540. The maximum Gasteiger partial charge on any atom is 0.0971 e. The van der Waals surface area contributed by atoms with Crippen LogP contribution in [0.15, 0.2) is 122 Å². The number of hydrogen-bond acceptors (Lipinski definition) is 2. The zero-order chi connectivity index (χ0) is 27.7. The van der Waals surface area contributed by atoms with Gasteiger partial charge in [-0.1, -0.05) is 84.9 Å². The van der Waals surface area contributed by atoms with Crippen molar-refractivity contribution in [3.05, 3.63) is 122 Å². The molecule has 0 N–H and O–H groups in total. The van der Waals surface area contributed by atoms with Gasteiger partial charge in [-0.15, -0.1) is 0 Å². The summed E-state index contributed by atoms with van der Waals surface area (Å²) in [5.74, 6) is 0. The normalized spacial score (nSPS) is 12.3. The SMILES string of the molecule is CC(C)(C)n1c2ccccc2c2cc(-c3ccc(-c4ccc5c(c4)c4ccccc4c4nccnc54)cc3)ccc21. The van der Waals surface area contributed by atoms with Gasteiger partial charge in [0.25, 0.3) is 0 Å². The number of fused-ring (bicyclic) bond motifs is 9. The monoisotopic (exact) mass is 527 g/mol. The van der Waals surface area contributed by atoms with E-state index in [1.807, 2.05) is 0 Å². The van der Waals surface area contributed by atoms with Crippen molar-refractivity contribution in [3.63, 3.8) is 0 Å². The van der Waals surface area contributed by atoms with Gasteiger partial charge in [0.1, 0.15) is 0 Å². The van der Waals surface area contributed by atoms with Crippen LogP contribution in [0.5, 0.6) is 0 Å². The van der Waals surface area contributed by atoms with Gasteiger partial charge in [0, 0.05) is 50.5 Å². The Morgan fingerprint density at radius 1 is 0.439 bits per heavy atom. The Hall–Kier alpha value is -5.02. The summed E-state index contributed by atoms with van der Waals surface area (Å²) in [6.07, 6.45) is 3.55. The molecule has 6 aromatic carbocycles. The third-order valence-corrected chi connectivity index (χ3v) is 8.34. The highest BCUT2D eigenvalue weighted by Gasteiger charge is 2.20. The predicted molar refractivity (Wildman–Crippen MR) is 173 cm³/mol. The highest BCUT2D eigenvalue weighted by molar-refractivity contribution is 6.23. The van der Waals surface area contributed by atoms with Crippen molar-refractivity contribution >= 4 is 54.4 Å². The quantitative estimate of drug-likeness (QED) is 0.209. The molecular weight excluding hydrogens is 498 g/mol. The smallest absolute Gasteiger partial charge is 0.0971 e. The molecule has 0 saturated heterocycles. The van der Waals surface area contributed by atoms with Crippen molar-refractivity contribution in [2.45, 2.75) is 26.3 Å². The highest BCUT2D eigenvalue weighted by atomic mass is 15.0. The first-order valence-corrected chi connectivity index (χ1v) is 14.2. The molecule has 3 heteroatoms. The van der Waals surface area contributed by atoms with Gasteiger partial charge in [-0.25, -0.2) is 0 Å². The lowest BCUT2D eigenvalue weighted by Gasteiger charge is -2.24. The van der Waals surface area contributed by atoms with Crippen LogP contribution in [-0.4, -0.2) is 14.5 Å². The lowest BCUT2D eigenvalue weighted by atomic mass is 9.94. The summed E-state index contributed by atoms with van der Waals surface area (Å²) in [5, 5.41) is 7.28. The topological polar surface area (TPSA) is 30.7 Å². The second-order valence-electron chi connectivity index (χ2n) is 11.9. The fourth-order valence-electron chi connectivity index (χ4n) is 6.54. The van der Waals surface area contributed by atoms with E-state index in [2.05, 4.69) is 140 Å². The van der Waals surface area contributed by atoms with Crippen LogP contribution in [0.25, 0.3) is 76.6 Å². The van der Waals surface area contributed by atoms with E-state index >= 15 is 0 Å². The van der Waals surface area contributed by atoms with E-state index in [1.165, 1.54) is 54.8 Å². The first-order valence-electron chi connectivity index (χ1n) is 14.2. The molecule has 196 valence electrons. The van der Waals surface area contributed by atoms with Crippen LogP contribution in [0.4, 0.5) is 0 Å². The molecule has 0 aliphatic carbocycles. The van der Waals surface area contributed by atoms with Gasteiger partial charge < -0.3 is 4.57 Å². The predicted octanol–water partition coefficient (Wildman–Crippen LogP) is 10.1. The Kier molecular flexibility index (Phi) is 5.08. The summed E-state index contributed by atoms with van der Waals surface area (Å²) in [4.78, 5) is 9.36. The molecule has 0 fully saturated rings. The Bertz CT molecular complexity index is 2250. The average molecular weight is 528 g/mol. The standard InChI is InChI=1S/C38H29N3/c1-38(2,3)41-34-11-7-6-9-29(34)33-23-27(17-19-35(33)41)25-14-12-24(13-15-25)26-16-18-31-32(22-26)28-8-4-5-10-30(28)36-37(31)40-21-20-39-36/h4-23H,1-3H3. The van der Waals surface area contributed by atoms with Gasteiger partial charge in [0.15, 0.2) is 0 Å². The van der Waals surface area contributed by atoms with Crippen molar-refractivity contribution < 1.29 is 0 Å². The van der Waals surface area contributed by atoms with Gasteiger partial charge in [-0.05, 0) is 78.1 Å². The first-order chi connectivity index (χ1) is 20.0. The van der Waals surface area contributed by atoms with Crippen molar-refractivity contribution in [2.24, 2.45) is 0 Å². The minimum atomic E-state index is -0.00540. The largest absolute Gasteiger partial charge is 0.335 e. The van der Waals surface area contributed by atoms with Crippen LogP contribution in [0, 0.1) is 0 Å². The zero-order valence-corrected chi connectivity index (χ0v) is 23.4. The Balaban J connectivity index is 1.24. The first kappa shape index (κ1) is 23.8. The van der Waals surface area contributed by atoms with Gasteiger partial charge in [0.2, 0.25) is 0 Å². The van der Waals surface area contributed by atoms with Crippen LogP contribution in [0.3, 0.4) is 0 Å². The summed E-state index contributed by atoms with van der Waals surface area (Å²) in [6.45, 7) is 6.82. The van der Waals surface area contributed by atoms with E-state index in [0.29, 0.717) is 0 Å². The maximum absolute atomic E-state index is 4.70. The molecule has 0 bridgehead atoms. The fraction of sp³-hybridized carbons (Fsp3) is 0.105. The molecule has 3 nitrogen and oxygen atoms in total. The van der Waals surface area contributed by atoms with E-state index in [-0.39, 0.29) is 5.54 Å². The lowest BCUT2D eigenvalue weighted by molar-refractivity contribution is 0.423. The lowest BCUT2D eigenvalue weighted by Crippen LogP contribution is -2.21. The number of nitrogens with zero attached hydrogens (tertiary/aromatic N) is 3. The minimum Gasteiger partial charge on any atom is -0.335 e. The molecule has 0 unspecified atom stereocenters. The fourth-order valence-corrected chi connectivity index (χ4v) is 6.54. The van der Waals surface area contributed by atoms with Crippen molar-refractivity contribution in [1.82, 2.24) is 14.5 Å². The second-order valence-corrected chi connectivity index (χ2v) is 11.9. The van der Waals surface area contributed by atoms with E-state index in [9.17, 15) is 0 Å². The molecule has 0 aliphatic heterocycles. The molecule has 2 heterocycles. The number of aromatic nitrogens is 3. The number of rotatable bonds is 2. The summed E-state index contributed by atoms with van der Waals surface area (Å²) in [5.41, 5.74) is 9.30. The van der Waals surface area contributed by atoms with Crippen LogP contribution in [0.1, 0.15) is 20.8 Å². The number of hydrogen-bond donors (Lipinski definition) is 0. The van der Waals surface area contributed by atoms with Crippen LogP contribution >= 0.6 is 0 Å². The van der Waals surface area contributed by atoms with Crippen molar-refractivity contribution in [1.29, 1.82) is 0 Å². The van der Waals surface area contributed by atoms with E-state index in [0.717, 1.165) is 21.8 Å². The molecule has 0 atom stereocenters.